The smallest absolute Gasteiger partial charge is 0.378 e. The van der Waals surface area contributed by atoms with Crippen LogP contribution in [-0.4, -0.2) is 38.1 Å². The summed E-state index contributed by atoms with van der Waals surface area (Å²) in [4.78, 5) is 34.5. The average Bonchev–Trinajstić information content (AvgIpc) is 3.21. The fraction of sp³-hybridized carbons (Fsp3) is 0.0952. The number of para-hydroxylation sites is 1. The molecular formula is C21H16ClN5O3S. The van der Waals surface area contributed by atoms with Crippen molar-refractivity contribution in [3.05, 3.63) is 77.3 Å². The Morgan fingerprint density at radius 2 is 1.90 bits per heavy atom. The summed E-state index contributed by atoms with van der Waals surface area (Å²) in [6.45, 7) is 1.34. The van der Waals surface area contributed by atoms with E-state index in [0.717, 1.165) is 15.5 Å². The van der Waals surface area contributed by atoms with Gasteiger partial charge in [0.25, 0.3) is 17.5 Å². The zero-order chi connectivity index (χ0) is 21.8. The number of anilines is 1. The molecule has 0 saturated heterocycles. The van der Waals surface area contributed by atoms with Gasteiger partial charge in [-0.2, -0.15) is 4.98 Å². The second kappa shape index (κ2) is 9.15. The summed E-state index contributed by atoms with van der Waals surface area (Å²) in [6.07, 6.45) is 1.57. The number of amides is 1. The number of aromatic nitrogens is 4. The second-order valence-corrected chi connectivity index (χ2v) is 7.96. The second-order valence-electron chi connectivity index (χ2n) is 6.41. The minimum absolute atomic E-state index is 0.159. The van der Waals surface area contributed by atoms with Crippen molar-refractivity contribution in [2.45, 2.75) is 16.7 Å². The summed E-state index contributed by atoms with van der Waals surface area (Å²) in [7, 11) is 0. The monoisotopic (exact) mass is 453 g/mol. The molecule has 0 aliphatic heterocycles. The maximum absolute atomic E-state index is 12.4. The number of halogens is 1. The van der Waals surface area contributed by atoms with Gasteiger partial charge in [-0.15, -0.1) is 5.10 Å². The fourth-order valence-corrected chi connectivity index (χ4v) is 3.69. The molecule has 0 aliphatic rings. The Kier molecular flexibility index (Phi) is 6.15. The maximum atomic E-state index is 12.4. The van der Waals surface area contributed by atoms with Crippen LogP contribution in [0.15, 0.2) is 70.6 Å². The Morgan fingerprint density at radius 1 is 1.13 bits per heavy atom. The van der Waals surface area contributed by atoms with Gasteiger partial charge >= 0.3 is 5.97 Å². The largest absolute Gasteiger partial charge is 0.450 e. The van der Waals surface area contributed by atoms with Gasteiger partial charge in [0.1, 0.15) is 0 Å². The third kappa shape index (κ3) is 5.01. The van der Waals surface area contributed by atoms with E-state index in [-0.39, 0.29) is 11.6 Å². The molecule has 2 aromatic carbocycles. The van der Waals surface area contributed by atoms with E-state index in [9.17, 15) is 9.59 Å². The highest BCUT2D eigenvalue weighted by Crippen LogP contribution is 2.33. The molecule has 2 heterocycles. The van der Waals surface area contributed by atoms with E-state index in [1.54, 1.807) is 30.5 Å². The molecule has 0 atom stereocenters. The van der Waals surface area contributed by atoms with Crippen LogP contribution in [0.25, 0.3) is 5.78 Å². The number of carbonyl (C=O) groups is 2. The summed E-state index contributed by atoms with van der Waals surface area (Å²) in [5.41, 5.74) is 1.37. The van der Waals surface area contributed by atoms with Gasteiger partial charge in [0.15, 0.2) is 6.61 Å². The van der Waals surface area contributed by atoms with Crippen LogP contribution in [0, 0.1) is 6.92 Å². The van der Waals surface area contributed by atoms with E-state index in [4.69, 9.17) is 16.3 Å². The van der Waals surface area contributed by atoms with Gasteiger partial charge in [0.2, 0.25) is 0 Å². The van der Waals surface area contributed by atoms with E-state index >= 15 is 0 Å². The first-order valence-corrected chi connectivity index (χ1v) is 10.4. The average molecular weight is 454 g/mol. The number of fused-ring (bicyclic) bond motifs is 1. The van der Waals surface area contributed by atoms with E-state index in [1.807, 2.05) is 37.3 Å². The Bertz CT molecular complexity index is 1260. The molecule has 0 unspecified atom stereocenters. The van der Waals surface area contributed by atoms with Crippen molar-refractivity contribution in [1.82, 2.24) is 19.6 Å². The van der Waals surface area contributed by atoms with Crippen molar-refractivity contribution < 1.29 is 14.3 Å². The normalized spacial score (nSPS) is 10.8. The number of hydrogen-bond acceptors (Lipinski definition) is 7. The summed E-state index contributed by atoms with van der Waals surface area (Å²) < 4.78 is 6.50. The van der Waals surface area contributed by atoms with Gasteiger partial charge in [0, 0.05) is 26.7 Å². The lowest BCUT2D eigenvalue weighted by atomic mass is 10.3. The van der Waals surface area contributed by atoms with Crippen LogP contribution in [-0.2, 0) is 9.53 Å². The van der Waals surface area contributed by atoms with Crippen LogP contribution < -0.4 is 5.32 Å². The molecule has 8 nitrogen and oxygen atoms in total. The van der Waals surface area contributed by atoms with Gasteiger partial charge in [-0.05, 0) is 49.4 Å². The van der Waals surface area contributed by atoms with Gasteiger partial charge in [0.05, 0.1) is 5.69 Å². The highest BCUT2D eigenvalue weighted by molar-refractivity contribution is 7.99. The van der Waals surface area contributed by atoms with E-state index < -0.39 is 18.5 Å². The fourth-order valence-electron chi connectivity index (χ4n) is 2.66. The molecule has 0 aliphatic carbocycles. The summed E-state index contributed by atoms with van der Waals surface area (Å²) in [5.74, 6) is -1.16. The van der Waals surface area contributed by atoms with Crippen molar-refractivity contribution in [3.63, 3.8) is 0 Å². The molecule has 2 aromatic heterocycles. The van der Waals surface area contributed by atoms with Crippen molar-refractivity contribution in [3.8, 4) is 0 Å². The molecule has 4 aromatic rings. The number of nitrogens with zero attached hydrogens (tertiary/aromatic N) is 4. The molecule has 0 spiro atoms. The maximum Gasteiger partial charge on any atom is 0.378 e. The lowest BCUT2D eigenvalue weighted by Gasteiger charge is -2.11. The first kappa shape index (κ1) is 20.8. The molecule has 156 valence electrons. The summed E-state index contributed by atoms with van der Waals surface area (Å²) in [5, 5.41) is 7.48. The Hall–Kier alpha value is -3.43. The number of ether oxygens (including phenoxy) is 1. The first-order chi connectivity index (χ1) is 15.0. The quantitative estimate of drug-likeness (QED) is 0.440. The molecular weight excluding hydrogens is 438 g/mol. The van der Waals surface area contributed by atoms with Gasteiger partial charge in [-0.25, -0.2) is 14.3 Å². The summed E-state index contributed by atoms with van der Waals surface area (Å²) >= 11 is 7.41. The molecule has 0 bridgehead atoms. The molecule has 1 N–H and O–H groups in total. The van der Waals surface area contributed by atoms with Crippen LogP contribution in [0.4, 0.5) is 5.69 Å². The molecule has 1 amide bonds. The zero-order valence-corrected chi connectivity index (χ0v) is 17.9. The molecule has 10 heteroatoms. The Balaban J connectivity index is 1.39. The SMILES string of the molecule is Cc1ccnc2nc(C(=O)OCC(=O)Nc3ccccc3Sc3ccc(Cl)cc3)nn12. The van der Waals surface area contributed by atoms with Crippen LogP contribution in [0.5, 0.6) is 0 Å². The molecule has 0 fully saturated rings. The zero-order valence-electron chi connectivity index (χ0n) is 16.3. The van der Waals surface area contributed by atoms with E-state index in [2.05, 4.69) is 20.4 Å². The van der Waals surface area contributed by atoms with Crippen molar-refractivity contribution in [2.24, 2.45) is 0 Å². The highest BCUT2D eigenvalue weighted by Gasteiger charge is 2.18. The third-order valence-electron chi connectivity index (χ3n) is 4.15. The third-order valence-corrected chi connectivity index (χ3v) is 5.49. The van der Waals surface area contributed by atoms with E-state index in [0.29, 0.717) is 10.7 Å². The number of aryl methyl sites for hydroxylation is 1. The van der Waals surface area contributed by atoms with Crippen LogP contribution >= 0.6 is 23.4 Å². The number of carbonyl (C=O) groups excluding carboxylic acids is 2. The number of benzene rings is 2. The van der Waals surface area contributed by atoms with Gasteiger partial charge in [-0.3, -0.25) is 4.79 Å². The molecule has 4 rings (SSSR count). The topological polar surface area (TPSA) is 98.5 Å². The Morgan fingerprint density at radius 3 is 2.68 bits per heavy atom. The Labute approximate surface area is 186 Å². The van der Waals surface area contributed by atoms with Gasteiger partial charge in [-0.1, -0.05) is 35.5 Å². The van der Waals surface area contributed by atoms with Crippen LogP contribution in [0.2, 0.25) is 5.02 Å². The van der Waals surface area contributed by atoms with Crippen LogP contribution in [0.3, 0.4) is 0 Å². The number of nitrogens with one attached hydrogen (secondary N) is 1. The first-order valence-electron chi connectivity index (χ1n) is 9.17. The number of esters is 1. The molecule has 31 heavy (non-hydrogen) atoms. The standard InChI is InChI=1S/C21H16ClN5O3S/c1-13-10-11-23-21-25-19(26-27(13)21)20(29)30-12-18(28)24-16-4-2-3-5-17(16)31-15-8-6-14(22)7-9-15/h2-11H,12H2,1H3,(H,24,28). The lowest BCUT2D eigenvalue weighted by Crippen LogP contribution is -2.21. The number of rotatable bonds is 6. The highest BCUT2D eigenvalue weighted by atomic mass is 35.5. The van der Waals surface area contributed by atoms with E-state index in [1.165, 1.54) is 16.3 Å². The molecule has 0 saturated carbocycles. The van der Waals surface area contributed by atoms with Crippen LogP contribution in [0.1, 0.15) is 16.3 Å². The minimum Gasteiger partial charge on any atom is -0.450 e. The van der Waals surface area contributed by atoms with Crippen molar-refractivity contribution in [2.75, 3.05) is 11.9 Å². The lowest BCUT2D eigenvalue weighted by molar-refractivity contribution is -0.119. The van der Waals surface area contributed by atoms with Crippen molar-refractivity contribution in [1.29, 1.82) is 0 Å². The minimum atomic E-state index is -0.802. The van der Waals surface area contributed by atoms with Crippen molar-refractivity contribution >= 4 is 46.7 Å². The summed E-state index contributed by atoms with van der Waals surface area (Å²) in [6, 6.07) is 16.5. The van der Waals surface area contributed by atoms with Gasteiger partial charge < -0.3 is 10.1 Å². The predicted molar refractivity (Wildman–Crippen MR) is 116 cm³/mol. The number of hydrogen-bond donors (Lipinski definition) is 1. The predicted octanol–water partition coefficient (Wildman–Crippen LogP) is 4.03. The molecule has 0 radical (unpaired) electrons.